The number of hydrogen-bond acceptors (Lipinski definition) is 1. The van der Waals surface area contributed by atoms with Crippen LogP contribution in [0.25, 0.3) is 0 Å². The van der Waals surface area contributed by atoms with Gasteiger partial charge in [0.15, 0.2) is 0 Å². The smallest absolute Gasteiger partial charge is 0.252 e. The number of benzene rings is 1. The molecular formula is C12H15BrClNO. The molecule has 1 N–H and O–H groups in total. The lowest BCUT2D eigenvalue weighted by molar-refractivity contribution is 0.0952. The topological polar surface area (TPSA) is 29.1 Å². The van der Waals surface area contributed by atoms with Gasteiger partial charge in [-0.15, -0.1) is 0 Å². The molecule has 0 aliphatic rings. The normalized spacial score (nSPS) is 10.2. The van der Waals surface area contributed by atoms with Crippen molar-refractivity contribution in [2.45, 2.75) is 26.2 Å². The molecule has 1 amide bonds. The minimum Gasteiger partial charge on any atom is -0.352 e. The van der Waals surface area contributed by atoms with Crippen LogP contribution in [0.4, 0.5) is 0 Å². The van der Waals surface area contributed by atoms with E-state index in [0.717, 1.165) is 23.7 Å². The van der Waals surface area contributed by atoms with Crippen LogP contribution < -0.4 is 5.32 Å². The maximum Gasteiger partial charge on any atom is 0.252 e. The minimum atomic E-state index is -0.0783. The van der Waals surface area contributed by atoms with Crippen molar-refractivity contribution in [3.8, 4) is 0 Å². The zero-order valence-electron chi connectivity index (χ0n) is 9.22. The summed E-state index contributed by atoms with van der Waals surface area (Å²) in [5.41, 5.74) is 0.587. The highest BCUT2D eigenvalue weighted by Gasteiger charge is 2.09. The van der Waals surface area contributed by atoms with E-state index in [1.165, 1.54) is 0 Å². The van der Waals surface area contributed by atoms with Crippen molar-refractivity contribution < 1.29 is 4.79 Å². The van der Waals surface area contributed by atoms with E-state index in [4.69, 9.17) is 11.6 Å². The number of rotatable bonds is 5. The second-order valence-electron chi connectivity index (χ2n) is 3.59. The quantitative estimate of drug-likeness (QED) is 0.818. The Morgan fingerprint density at radius 2 is 2.19 bits per heavy atom. The number of hydrogen-bond donors (Lipinski definition) is 1. The molecule has 1 rings (SSSR count). The molecule has 0 aliphatic carbocycles. The molecule has 4 heteroatoms. The van der Waals surface area contributed by atoms with Gasteiger partial charge in [0.05, 0.1) is 5.56 Å². The predicted octanol–water partition coefficient (Wildman–Crippen LogP) is 4.02. The zero-order chi connectivity index (χ0) is 12.0. The first-order valence-electron chi connectivity index (χ1n) is 5.38. The van der Waals surface area contributed by atoms with Crippen LogP contribution in [0.5, 0.6) is 0 Å². The predicted molar refractivity (Wildman–Crippen MR) is 71.0 cm³/mol. The molecule has 1 aromatic carbocycles. The zero-order valence-corrected chi connectivity index (χ0v) is 11.6. The van der Waals surface area contributed by atoms with Gasteiger partial charge in [-0.2, -0.15) is 0 Å². The third-order valence-corrected chi connectivity index (χ3v) is 3.17. The largest absolute Gasteiger partial charge is 0.352 e. The second kappa shape index (κ2) is 6.92. The highest BCUT2D eigenvalue weighted by Crippen LogP contribution is 2.20. The highest BCUT2D eigenvalue weighted by atomic mass is 79.9. The summed E-state index contributed by atoms with van der Waals surface area (Å²) in [6, 6.07) is 5.20. The highest BCUT2D eigenvalue weighted by molar-refractivity contribution is 9.10. The van der Waals surface area contributed by atoms with Crippen molar-refractivity contribution in [1.82, 2.24) is 5.32 Å². The molecule has 0 aromatic heterocycles. The molecule has 0 atom stereocenters. The SMILES string of the molecule is CCCCCNC(=O)c1cc(Cl)ccc1Br. The number of halogens is 2. The Morgan fingerprint density at radius 1 is 1.44 bits per heavy atom. The van der Waals surface area contributed by atoms with Crippen LogP contribution >= 0.6 is 27.5 Å². The second-order valence-corrected chi connectivity index (χ2v) is 4.88. The number of nitrogens with one attached hydrogen (secondary N) is 1. The van der Waals surface area contributed by atoms with E-state index in [0.29, 0.717) is 17.1 Å². The van der Waals surface area contributed by atoms with Gasteiger partial charge in [0.2, 0.25) is 0 Å². The Hall–Kier alpha value is -0.540. The first-order valence-corrected chi connectivity index (χ1v) is 6.55. The molecule has 0 heterocycles. The summed E-state index contributed by atoms with van der Waals surface area (Å²) in [6.07, 6.45) is 3.30. The van der Waals surface area contributed by atoms with Crippen LogP contribution in [-0.4, -0.2) is 12.5 Å². The number of carbonyl (C=O) groups excluding carboxylic acids is 1. The third kappa shape index (κ3) is 4.14. The van der Waals surface area contributed by atoms with E-state index in [1.54, 1.807) is 18.2 Å². The summed E-state index contributed by atoms with van der Waals surface area (Å²) >= 11 is 9.18. The van der Waals surface area contributed by atoms with Crippen LogP contribution in [0.1, 0.15) is 36.5 Å². The third-order valence-electron chi connectivity index (χ3n) is 2.24. The van der Waals surface area contributed by atoms with Crippen LogP contribution in [0, 0.1) is 0 Å². The monoisotopic (exact) mass is 303 g/mol. The van der Waals surface area contributed by atoms with Crippen molar-refractivity contribution in [3.05, 3.63) is 33.3 Å². The summed E-state index contributed by atoms with van der Waals surface area (Å²) in [4.78, 5) is 11.8. The van der Waals surface area contributed by atoms with E-state index in [1.807, 2.05) is 0 Å². The van der Waals surface area contributed by atoms with Crippen molar-refractivity contribution in [2.75, 3.05) is 6.54 Å². The van der Waals surface area contributed by atoms with E-state index >= 15 is 0 Å². The maximum absolute atomic E-state index is 11.8. The van der Waals surface area contributed by atoms with Crippen molar-refractivity contribution in [1.29, 1.82) is 0 Å². The molecule has 0 aliphatic heterocycles. The average molecular weight is 305 g/mol. The van der Waals surface area contributed by atoms with Gasteiger partial charge in [0.1, 0.15) is 0 Å². The van der Waals surface area contributed by atoms with Gasteiger partial charge in [-0.05, 0) is 40.5 Å². The Labute approximate surface area is 110 Å². The molecule has 88 valence electrons. The maximum atomic E-state index is 11.8. The molecule has 2 nitrogen and oxygen atoms in total. The van der Waals surface area contributed by atoms with Gasteiger partial charge in [-0.25, -0.2) is 0 Å². The average Bonchev–Trinajstić information content (AvgIpc) is 2.27. The van der Waals surface area contributed by atoms with Crippen LogP contribution in [-0.2, 0) is 0 Å². The summed E-state index contributed by atoms with van der Waals surface area (Å²) in [7, 11) is 0. The van der Waals surface area contributed by atoms with Gasteiger partial charge in [0.25, 0.3) is 5.91 Å². The van der Waals surface area contributed by atoms with Crippen LogP contribution in [0.2, 0.25) is 5.02 Å². The summed E-state index contributed by atoms with van der Waals surface area (Å²) in [5, 5.41) is 3.45. The number of carbonyl (C=O) groups is 1. The van der Waals surface area contributed by atoms with Gasteiger partial charge in [-0.3, -0.25) is 4.79 Å². The Balaban J connectivity index is 2.55. The first kappa shape index (κ1) is 13.5. The Bertz CT molecular complexity index is 368. The number of amides is 1. The van der Waals surface area contributed by atoms with E-state index in [2.05, 4.69) is 28.2 Å². The summed E-state index contributed by atoms with van der Waals surface area (Å²) in [5.74, 6) is -0.0783. The van der Waals surface area contributed by atoms with Gasteiger partial charge >= 0.3 is 0 Å². The molecule has 0 bridgehead atoms. The van der Waals surface area contributed by atoms with Crippen molar-refractivity contribution in [3.63, 3.8) is 0 Å². The summed E-state index contributed by atoms with van der Waals surface area (Å²) < 4.78 is 0.768. The molecule has 0 spiro atoms. The summed E-state index contributed by atoms with van der Waals surface area (Å²) in [6.45, 7) is 2.85. The Morgan fingerprint density at radius 3 is 2.88 bits per heavy atom. The number of unbranched alkanes of at least 4 members (excludes halogenated alkanes) is 2. The van der Waals surface area contributed by atoms with Crippen LogP contribution in [0.15, 0.2) is 22.7 Å². The molecule has 0 saturated heterocycles. The van der Waals surface area contributed by atoms with E-state index in [9.17, 15) is 4.79 Å². The molecule has 16 heavy (non-hydrogen) atoms. The molecule has 0 radical (unpaired) electrons. The molecule has 0 saturated carbocycles. The van der Waals surface area contributed by atoms with Crippen molar-refractivity contribution >= 4 is 33.4 Å². The molecule has 0 unspecified atom stereocenters. The van der Waals surface area contributed by atoms with Gasteiger partial charge in [0, 0.05) is 16.0 Å². The van der Waals surface area contributed by atoms with Gasteiger partial charge < -0.3 is 5.32 Å². The van der Waals surface area contributed by atoms with E-state index in [-0.39, 0.29) is 5.91 Å². The van der Waals surface area contributed by atoms with E-state index < -0.39 is 0 Å². The Kier molecular flexibility index (Phi) is 5.85. The lowest BCUT2D eigenvalue weighted by Gasteiger charge is -2.06. The fourth-order valence-corrected chi connectivity index (χ4v) is 1.94. The molecular weight excluding hydrogens is 289 g/mol. The lowest BCUT2D eigenvalue weighted by atomic mass is 10.2. The van der Waals surface area contributed by atoms with Crippen molar-refractivity contribution in [2.24, 2.45) is 0 Å². The fourth-order valence-electron chi connectivity index (χ4n) is 1.34. The van der Waals surface area contributed by atoms with Gasteiger partial charge in [-0.1, -0.05) is 31.4 Å². The molecule has 0 fully saturated rings. The lowest BCUT2D eigenvalue weighted by Crippen LogP contribution is -2.24. The standard InChI is InChI=1S/C12H15BrClNO/c1-2-3-4-7-15-12(16)10-8-9(14)5-6-11(10)13/h5-6,8H,2-4,7H2,1H3,(H,15,16). The van der Waals surface area contributed by atoms with Crippen LogP contribution in [0.3, 0.4) is 0 Å². The molecule has 1 aromatic rings. The fraction of sp³-hybridized carbons (Fsp3) is 0.417. The minimum absolute atomic E-state index is 0.0783. The first-order chi connectivity index (χ1) is 7.65.